The minimum absolute atomic E-state index is 0.146. The molecule has 4 aromatic rings. The van der Waals surface area contributed by atoms with Crippen molar-refractivity contribution in [1.29, 1.82) is 0 Å². The van der Waals surface area contributed by atoms with Crippen LogP contribution in [0.15, 0.2) is 62.5 Å². The Morgan fingerprint density at radius 2 is 1.88 bits per heavy atom. The first-order valence-electron chi connectivity index (χ1n) is 8.55. The van der Waals surface area contributed by atoms with E-state index < -0.39 is 0 Å². The number of quaternary nitrogens is 1. The van der Waals surface area contributed by atoms with Gasteiger partial charge in [-0.15, -0.1) is 0 Å². The molecule has 0 saturated carbocycles. The van der Waals surface area contributed by atoms with Crippen molar-refractivity contribution in [3.8, 4) is 0 Å². The van der Waals surface area contributed by atoms with Gasteiger partial charge in [-0.2, -0.15) is 0 Å². The van der Waals surface area contributed by atoms with E-state index >= 15 is 0 Å². The van der Waals surface area contributed by atoms with Gasteiger partial charge in [0.05, 0.1) is 23.0 Å². The van der Waals surface area contributed by atoms with Crippen molar-refractivity contribution in [1.82, 2.24) is 14.5 Å². The number of hydrogen-bond donors (Lipinski definition) is 2. The molecule has 7 nitrogen and oxygen atoms in total. The van der Waals surface area contributed by atoms with Gasteiger partial charge in [0.2, 0.25) is 0 Å². The predicted molar refractivity (Wildman–Crippen MR) is 98.0 cm³/mol. The maximum Gasteiger partial charge on any atom is 0.424 e. The Kier molecular flexibility index (Phi) is 4.14. The number of aromatic amines is 1. The normalized spacial score (nSPS) is 12.7. The fourth-order valence-corrected chi connectivity index (χ4v) is 3.14. The molecule has 2 heterocycles. The summed E-state index contributed by atoms with van der Waals surface area (Å²) in [5.74, 6) is 0.225. The van der Waals surface area contributed by atoms with Crippen molar-refractivity contribution in [2.24, 2.45) is 0 Å². The third-order valence-electron chi connectivity index (χ3n) is 4.53. The number of rotatable bonds is 5. The van der Waals surface area contributed by atoms with E-state index in [0.29, 0.717) is 35.5 Å². The van der Waals surface area contributed by atoms with Gasteiger partial charge in [0.25, 0.3) is 5.56 Å². The van der Waals surface area contributed by atoms with Crippen LogP contribution in [-0.2, 0) is 13.2 Å². The highest BCUT2D eigenvalue weighted by atomic mass is 16.4. The first-order chi connectivity index (χ1) is 12.7. The molecule has 2 N–H and O–H groups in total. The zero-order chi connectivity index (χ0) is 18.1. The van der Waals surface area contributed by atoms with Gasteiger partial charge in [0, 0.05) is 0 Å². The lowest BCUT2D eigenvalue weighted by Gasteiger charge is -2.17. The van der Waals surface area contributed by atoms with E-state index in [-0.39, 0.29) is 11.3 Å². The lowest BCUT2D eigenvalue weighted by Crippen LogP contribution is -3.10. The summed E-state index contributed by atoms with van der Waals surface area (Å²) in [6.45, 7) is 3.73. The Bertz CT molecular complexity index is 1190. The number of H-pyrrole nitrogens is 1. The van der Waals surface area contributed by atoms with Gasteiger partial charge < -0.3 is 14.3 Å². The van der Waals surface area contributed by atoms with Crippen LogP contribution in [0, 0.1) is 0 Å². The molecular formula is C19H19N4O3+. The molecule has 2 aromatic carbocycles. The largest absolute Gasteiger partial charge is 0.424 e. The summed E-state index contributed by atoms with van der Waals surface area (Å²) in [6.07, 6.45) is 0. The van der Waals surface area contributed by atoms with Crippen LogP contribution in [0.3, 0.4) is 0 Å². The monoisotopic (exact) mass is 351 g/mol. The van der Waals surface area contributed by atoms with E-state index in [1.165, 1.54) is 0 Å². The third-order valence-corrected chi connectivity index (χ3v) is 4.53. The second-order valence-electron chi connectivity index (χ2n) is 6.23. The first-order valence-corrected chi connectivity index (χ1v) is 8.55. The van der Waals surface area contributed by atoms with Crippen LogP contribution in [-0.4, -0.2) is 21.1 Å². The summed E-state index contributed by atoms with van der Waals surface area (Å²) in [5, 5.41) is 0.575. The molecule has 1 unspecified atom stereocenters. The predicted octanol–water partition coefficient (Wildman–Crippen LogP) is 0.893. The average molecular weight is 351 g/mol. The molecule has 132 valence electrons. The van der Waals surface area contributed by atoms with Gasteiger partial charge in [-0.25, -0.2) is 14.3 Å². The number of hydrogen-bond acceptors (Lipinski definition) is 4. The summed E-state index contributed by atoms with van der Waals surface area (Å²) in [6, 6.07) is 14.6. The molecule has 0 spiro atoms. The van der Waals surface area contributed by atoms with E-state index in [2.05, 4.69) is 9.97 Å². The van der Waals surface area contributed by atoms with Crippen LogP contribution in [0.4, 0.5) is 0 Å². The van der Waals surface area contributed by atoms with Gasteiger partial charge in [-0.05, 0) is 31.2 Å². The molecule has 26 heavy (non-hydrogen) atoms. The minimum Gasteiger partial charge on any atom is -0.408 e. The van der Waals surface area contributed by atoms with E-state index in [1.54, 1.807) is 16.7 Å². The van der Waals surface area contributed by atoms with E-state index in [9.17, 15) is 9.59 Å². The van der Waals surface area contributed by atoms with Gasteiger partial charge in [0.15, 0.2) is 18.1 Å². The summed E-state index contributed by atoms with van der Waals surface area (Å²) < 4.78 is 6.91. The Balaban J connectivity index is 1.65. The molecule has 1 atom stereocenters. The number of aromatic nitrogens is 3. The Morgan fingerprint density at radius 3 is 2.73 bits per heavy atom. The molecule has 4 rings (SSSR count). The van der Waals surface area contributed by atoms with Gasteiger partial charge in [-0.1, -0.05) is 24.3 Å². The molecule has 0 fully saturated rings. The smallest absolute Gasteiger partial charge is 0.408 e. The number of fused-ring (bicyclic) bond motifs is 2. The standard InChI is InChI=1S/C19H18N4O3/c1-2-22(12-23-15-9-5-6-10-16(15)26-19(23)25)11-17-20-14-8-4-3-7-13(14)18(24)21-17/h3-10H,2,11-12H2,1H3,(H,20,21,24)/p+1. The Morgan fingerprint density at radius 1 is 1.12 bits per heavy atom. The lowest BCUT2D eigenvalue weighted by atomic mass is 10.2. The van der Waals surface area contributed by atoms with Crippen molar-refractivity contribution in [3.63, 3.8) is 0 Å². The molecule has 0 radical (unpaired) electrons. The van der Waals surface area contributed by atoms with Crippen LogP contribution in [0.25, 0.3) is 22.0 Å². The molecule has 2 aromatic heterocycles. The fourth-order valence-electron chi connectivity index (χ4n) is 3.14. The molecule has 0 aliphatic rings. The quantitative estimate of drug-likeness (QED) is 0.559. The Hall–Kier alpha value is -3.19. The minimum atomic E-state index is -0.378. The number of nitrogens with one attached hydrogen (secondary N) is 2. The second-order valence-corrected chi connectivity index (χ2v) is 6.23. The summed E-state index contributed by atoms with van der Waals surface area (Å²) in [7, 11) is 0. The van der Waals surface area contributed by atoms with E-state index in [1.807, 2.05) is 43.3 Å². The van der Waals surface area contributed by atoms with Gasteiger partial charge >= 0.3 is 5.76 Å². The van der Waals surface area contributed by atoms with Crippen molar-refractivity contribution < 1.29 is 9.32 Å². The summed E-state index contributed by atoms with van der Waals surface area (Å²) in [4.78, 5) is 32.9. The van der Waals surface area contributed by atoms with Crippen LogP contribution < -0.4 is 16.2 Å². The number of nitrogens with zero attached hydrogens (tertiary/aromatic N) is 2. The molecule has 7 heteroatoms. The topological polar surface area (TPSA) is 85.3 Å². The van der Waals surface area contributed by atoms with E-state index in [0.717, 1.165) is 17.0 Å². The molecule has 0 bridgehead atoms. The van der Waals surface area contributed by atoms with Gasteiger partial charge in [0.1, 0.15) is 6.54 Å². The molecule has 0 aliphatic heterocycles. The van der Waals surface area contributed by atoms with Crippen molar-refractivity contribution in [2.45, 2.75) is 20.1 Å². The highest BCUT2D eigenvalue weighted by Crippen LogP contribution is 2.10. The zero-order valence-corrected chi connectivity index (χ0v) is 14.4. The van der Waals surface area contributed by atoms with Crippen LogP contribution >= 0.6 is 0 Å². The summed E-state index contributed by atoms with van der Waals surface area (Å²) >= 11 is 0. The number of para-hydroxylation sites is 3. The lowest BCUT2D eigenvalue weighted by molar-refractivity contribution is -0.935. The average Bonchev–Trinajstić information content (AvgIpc) is 2.96. The van der Waals surface area contributed by atoms with Crippen molar-refractivity contribution in [2.75, 3.05) is 6.54 Å². The molecule has 0 aliphatic carbocycles. The van der Waals surface area contributed by atoms with Crippen molar-refractivity contribution in [3.05, 3.63) is 75.3 Å². The SMILES string of the molecule is CC[NH+](Cc1nc2ccccc2c(=O)[nH]1)Cn1c(=O)oc2ccccc21. The highest BCUT2D eigenvalue weighted by molar-refractivity contribution is 5.77. The molecule has 0 amide bonds. The van der Waals surface area contributed by atoms with E-state index in [4.69, 9.17) is 4.42 Å². The first kappa shape index (κ1) is 16.3. The summed E-state index contributed by atoms with van der Waals surface area (Å²) in [5.41, 5.74) is 1.87. The van der Waals surface area contributed by atoms with Crippen LogP contribution in [0.1, 0.15) is 12.7 Å². The van der Waals surface area contributed by atoms with Crippen LogP contribution in [0.5, 0.6) is 0 Å². The highest BCUT2D eigenvalue weighted by Gasteiger charge is 2.16. The number of oxazole rings is 1. The molecular weight excluding hydrogens is 332 g/mol. The van der Waals surface area contributed by atoms with Gasteiger partial charge in [-0.3, -0.25) is 4.79 Å². The van der Waals surface area contributed by atoms with Crippen LogP contribution in [0.2, 0.25) is 0 Å². The maximum absolute atomic E-state index is 12.2. The molecule has 0 saturated heterocycles. The number of benzene rings is 2. The maximum atomic E-state index is 12.2. The third kappa shape index (κ3) is 2.93. The fraction of sp³-hybridized carbons (Fsp3) is 0.211. The second kappa shape index (κ2) is 6.61. The van der Waals surface area contributed by atoms with Crippen molar-refractivity contribution >= 4 is 22.0 Å². The zero-order valence-electron chi connectivity index (χ0n) is 14.4. The Labute approximate surface area is 148 Å².